The van der Waals surface area contributed by atoms with E-state index in [4.69, 9.17) is 0 Å². The van der Waals surface area contributed by atoms with Gasteiger partial charge in [-0.25, -0.2) is 0 Å². The van der Waals surface area contributed by atoms with Crippen LogP contribution in [0.2, 0.25) is 0 Å². The van der Waals surface area contributed by atoms with Crippen molar-refractivity contribution in [2.24, 2.45) is 0 Å². The molecule has 0 bridgehead atoms. The van der Waals surface area contributed by atoms with Gasteiger partial charge in [-0.3, -0.25) is 4.98 Å². The van der Waals surface area contributed by atoms with Crippen LogP contribution in [-0.4, -0.2) is 17.3 Å². The number of aromatic nitrogens is 1. The van der Waals surface area contributed by atoms with Gasteiger partial charge in [0.05, 0.1) is 0 Å². The molecular formula is C8H5F6N. The summed E-state index contributed by atoms with van der Waals surface area (Å²) in [5, 5.41) is 0. The van der Waals surface area contributed by atoms with Crippen molar-refractivity contribution >= 4 is 0 Å². The Hall–Kier alpha value is -1.27. The van der Waals surface area contributed by atoms with E-state index in [0.717, 1.165) is 18.3 Å². The highest BCUT2D eigenvalue weighted by Gasteiger charge is 2.57. The molecule has 0 aromatic carbocycles. The Morgan fingerprint density at radius 3 is 1.87 bits per heavy atom. The lowest BCUT2D eigenvalue weighted by atomic mass is 10.00. The van der Waals surface area contributed by atoms with E-state index in [0.29, 0.717) is 6.20 Å². The van der Waals surface area contributed by atoms with Gasteiger partial charge in [-0.05, 0) is 11.6 Å². The normalized spacial score (nSPS) is 13.3. The van der Waals surface area contributed by atoms with Crippen LogP contribution in [0.3, 0.4) is 0 Å². The van der Waals surface area contributed by atoms with Crippen molar-refractivity contribution in [2.75, 3.05) is 0 Å². The van der Waals surface area contributed by atoms with Gasteiger partial charge in [0.2, 0.25) is 0 Å². The largest absolute Gasteiger partial charge is 0.404 e. The summed E-state index contributed by atoms with van der Waals surface area (Å²) in [5.74, 6) is -3.47. The first-order chi connectivity index (χ1) is 6.73. The van der Waals surface area contributed by atoms with Crippen LogP contribution in [0.15, 0.2) is 24.5 Å². The quantitative estimate of drug-likeness (QED) is 0.673. The van der Waals surface area contributed by atoms with Gasteiger partial charge in [0.15, 0.2) is 5.92 Å². The van der Waals surface area contributed by atoms with Crippen LogP contribution in [0.25, 0.3) is 0 Å². The maximum atomic E-state index is 12.2. The number of hydrogen-bond donors (Lipinski definition) is 0. The Balaban J connectivity index is 3.15. The number of rotatable bonds is 1. The molecule has 1 rings (SSSR count). The molecule has 0 saturated carbocycles. The molecule has 15 heavy (non-hydrogen) atoms. The Morgan fingerprint density at radius 1 is 1.00 bits per heavy atom. The SMILES string of the molecule is FC(F)(F)C(c1cccnc1)C(F)(F)F. The zero-order valence-electron chi connectivity index (χ0n) is 7.10. The minimum Gasteiger partial charge on any atom is -0.264 e. The van der Waals surface area contributed by atoms with Crippen molar-refractivity contribution in [1.82, 2.24) is 4.98 Å². The van der Waals surface area contributed by atoms with Gasteiger partial charge in [-0.1, -0.05) is 6.07 Å². The number of hydrogen-bond acceptors (Lipinski definition) is 1. The summed E-state index contributed by atoms with van der Waals surface area (Å²) < 4.78 is 72.9. The van der Waals surface area contributed by atoms with Crippen LogP contribution in [0.5, 0.6) is 0 Å². The van der Waals surface area contributed by atoms with E-state index in [2.05, 4.69) is 4.98 Å². The lowest BCUT2D eigenvalue weighted by molar-refractivity contribution is -0.253. The van der Waals surface area contributed by atoms with Gasteiger partial charge < -0.3 is 0 Å². The number of alkyl halides is 6. The predicted octanol–water partition coefficient (Wildman–Crippen LogP) is 3.29. The fraction of sp³-hybridized carbons (Fsp3) is 0.375. The molecule has 7 heteroatoms. The number of nitrogens with zero attached hydrogens (tertiary/aromatic N) is 1. The molecule has 0 amide bonds. The standard InChI is InChI=1S/C8H5F6N/c9-7(10,11)6(8(12,13)14)5-2-1-3-15-4-5/h1-4,6H. The molecule has 0 radical (unpaired) electrons. The third-order valence-corrected chi connectivity index (χ3v) is 1.67. The Morgan fingerprint density at radius 2 is 1.53 bits per heavy atom. The molecule has 0 spiro atoms. The van der Waals surface area contributed by atoms with E-state index in [1.165, 1.54) is 0 Å². The minimum atomic E-state index is -5.36. The zero-order chi connectivity index (χ0) is 11.7. The molecule has 0 unspecified atom stereocenters. The lowest BCUT2D eigenvalue weighted by Gasteiger charge is -2.22. The van der Waals surface area contributed by atoms with Gasteiger partial charge in [0.1, 0.15) is 0 Å². The molecule has 1 aromatic heterocycles. The second-order valence-corrected chi connectivity index (χ2v) is 2.80. The summed E-state index contributed by atoms with van der Waals surface area (Å²) in [4.78, 5) is 3.23. The van der Waals surface area contributed by atoms with E-state index < -0.39 is 23.8 Å². The van der Waals surface area contributed by atoms with Crippen molar-refractivity contribution < 1.29 is 26.3 Å². The maximum Gasteiger partial charge on any atom is 0.404 e. The molecule has 0 aliphatic rings. The Bertz CT molecular complexity index is 300. The highest BCUT2D eigenvalue weighted by molar-refractivity contribution is 5.18. The van der Waals surface area contributed by atoms with Crippen LogP contribution in [0.1, 0.15) is 11.5 Å². The molecule has 0 saturated heterocycles. The van der Waals surface area contributed by atoms with Crippen LogP contribution >= 0.6 is 0 Å². The van der Waals surface area contributed by atoms with Gasteiger partial charge in [0, 0.05) is 12.4 Å². The molecule has 0 N–H and O–H groups in total. The second kappa shape index (κ2) is 3.71. The summed E-state index contributed by atoms with van der Waals surface area (Å²) in [5.41, 5.74) is -0.905. The fourth-order valence-electron chi connectivity index (χ4n) is 1.11. The smallest absolute Gasteiger partial charge is 0.264 e. The van der Waals surface area contributed by atoms with E-state index >= 15 is 0 Å². The first-order valence-electron chi connectivity index (χ1n) is 3.76. The number of halogens is 6. The third-order valence-electron chi connectivity index (χ3n) is 1.67. The maximum absolute atomic E-state index is 12.2. The van der Waals surface area contributed by atoms with Gasteiger partial charge in [-0.2, -0.15) is 26.3 Å². The summed E-state index contributed by atoms with van der Waals surface area (Å²) in [6, 6.07) is 1.78. The molecule has 84 valence electrons. The predicted molar refractivity (Wildman–Crippen MR) is 39.1 cm³/mol. The average molecular weight is 229 g/mol. The van der Waals surface area contributed by atoms with Crippen molar-refractivity contribution in [3.8, 4) is 0 Å². The lowest BCUT2D eigenvalue weighted by Crippen LogP contribution is -2.34. The van der Waals surface area contributed by atoms with Crippen LogP contribution in [-0.2, 0) is 0 Å². The van der Waals surface area contributed by atoms with Crippen LogP contribution in [0.4, 0.5) is 26.3 Å². The summed E-state index contributed by atoms with van der Waals surface area (Å²) in [6.07, 6.45) is -9.05. The Kier molecular flexibility index (Phi) is 2.92. The molecule has 0 fully saturated rings. The average Bonchev–Trinajstić information content (AvgIpc) is 2.00. The highest BCUT2D eigenvalue weighted by Crippen LogP contribution is 2.45. The second-order valence-electron chi connectivity index (χ2n) is 2.80. The molecule has 1 nitrogen and oxygen atoms in total. The molecule has 1 heterocycles. The highest BCUT2D eigenvalue weighted by atomic mass is 19.4. The first kappa shape index (κ1) is 11.8. The van der Waals surface area contributed by atoms with Crippen molar-refractivity contribution in [2.45, 2.75) is 18.3 Å². The van der Waals surface area contributed by atoms with Gasteiger partial charge >= 0.3 is 12.4 Å². The topological polar surface area (TPSA) is 12.9 Å². The van der Waals surface area contributed by atoms with E-state index in [-0.39, 0.29) is 0 Å². The zero-order valence-corrected chi connectivity index (χ0v) is 7.10. The number of pyridine rings is 1. The first-order valence-corrected chi connectivity index (χ1v) is 3.76. The van der Waals surface area contributed by atoms with E-state index in [9.17, 15) is 26.3 Å². The van der Waals surface area contributed by atoms with Gasteiger partial charge in [-0.15, -0.1) is 0 Å². The molecule has 0 aliphatic carbocycles. The molecule has 0 atom stereocenters. The van der Waals surface area contributed by atoms with Crippen molar-refractivity contribution in [3.05, 3.63) is 30.1 Å². The van der Waals surface area contributed by atoms with Crippen LogP contribution < -0.4 is 0 Å². The monoisotopic (exact) mass is 229 g/mol. The van der Waals surface area contributed by atoms with E-state index in [1.807, 2.05) is 0 Å². The summed E-state index contributed by atoms with van der Waals surface area (Å²) in [6.45, 7) is 0. The molecule has 0 aliphatic heterocycles. The fourth-order valence-corrected chi connectivity index (χ4v) is 1.11. The van der Waals surface area contributed by atoms with Crippen molar-refractivity contribution in [3.63, 3.8) is 0 Å². The summed E-state index contributed by atoms with van der Waals surface area (Å²) in [7, 11) is 0. The molecule has 1 aromatic rings. The minimum absolute atomic E-state index is 0.561. The molecular weight excluding hydrogens is 224 g/mol. The van der Waals surface area contributed by atoms with Gasteiger partial charge in [0.25, 0.3) is 0 Å². The van der Waals surface area contributed by atoms with Crippen LogP contribution in [0, 0.1) is 0 Å². The van der Waals surface area contributed by atoms with E-state index in [1.54, 1.807) is 0 Å². The summed E-state index contributed by atoms with van der Waals surface area (Å²) >= 11 is 0. The Labute approximate surface area is 80.7 Å². The third kappa shape index (κ3) is 2.84. The van der Waals surface area contributed by atoms with Crippen molar-refractivity contribution in [1.29, 1.82) is 0 Å².